The molecule has 1 fully saturated rings. The van der Waals surface area contributed by atoms with Crippen LogP contribution in [0.5, 0.6) is 0 Å². The molecule has 1 unspecified atom stereocenters. The zero-order chi connectivity index (χ0) is 27.9. The summed E-state index contributed by atoms with van der Waals surface area (Å²) < 4.78 is 31.7. The smallest absolute Gasteiger partial charge is 0.475 e. The first-order valence-corrected chi connectivity index (χ1v) is 13.4. The topological polar surface area (TPSA) is 69.6 Å². The van der Waals surface area contributed by atoms with Gasteiger partial charge in [0.15, 0.2) is 0 Å². The van der Waals surface area contributed by atoms with Crippen molar-refractivity contribution in [1.82, 2.24) is 10.2 Å². The molecule has 3 aromatic rings. The summed E-state index contributed by atoms with van der Waals surface area (Å²) in [6.07, 6.45) is -3.96. The number of alkyl halides is 3. The van der Waals surface area contributed by atoms with Gasteiger partial charge in [-0.3, -0.25) is 9.69 Å². The molecule has 1 aromatic heterocycles. The molecule has 2 heterocycles. The molecule has 2 aromatic carbocycles. The van der Waals surface area contributed by atoms with Crippen molar-refractivity contribution in [3.05, 3.63) is 81.0 Å². The van der Waals surface area contributed by atoms with Crippen molar-refractivity contribution < 1.29 is 27.9 Å². The Balaban J connectivity index is 0.000000505. The first-order chi connectivity index (χ1) is 17.9. The van der Waals surface area contributed by atoms with E-state index in [9.17, 15) is 18.0 Å². The summed E-state index contributed by atoms with van der Waals surface area (Å²) >= 11 is 7.57. The number of rotatable bonds is 7. The number of aliphatic carboxylic acids is 1. The van der Waals surface area contributed by atoms with E-state index in [1.807, 2.05) is 35.7 Å². The molecular formula is C28H30ClF3N2O3S. The minimum atomic E-state index is -5.08. The normalized spacial score (nSPS) is 15.7. The van der Waals surface area contributed by atoms with Crippen LogP contribution in [0.2, 0.25) is 5.02 Å². The van der Waals surface area contributed by atoms with Gasteiger partial charge in [-0.15, -0.1) is 11.3 Å². The van der Waals surface area contributed by atoms with Gasteiger partial charge in [0.05, 0.1) is 4.88 Å². The molecule has 1 saturated heterocycles. The highest BCUT2D eigenvalue weighted by molar-refractivity contribution is 7.12. The molecule has 10 heteroatoms. The number of hydrogen-bond donors (Lipinski definition) is 2. The fourth-order valence-corrected chi connectivity index (χ4v) is 5.11. The number of carbonyl (C=O) groups is 2. The summed E-state index contributed by atoms with van der Waals surface area (Å²) in [4.78, 5) is 24.8. The summed E-state index contributed by atoms with van der Waals surface area (Å²) in [5.41, 5.74) is 4.82. The lowest BCUT2D eigenvalue weighted by Gasteiger charge is -2.17. The number of carbonyl (C=O) groups excluding carboxylic acids is 1. The molecule has 0 spiro atoms. The quantitative estimate of drug-likeness (QED) is 0.321. The highest BCUT2D eigenvalue weighted by Crippen LogP contribution is 2.28. The van der Waals surface area contributed by atoms with E-state index in [-0.39, 0.29) is 5.91 Å². The van der Waals surface area contributed by atoms with E-state index in [1.54, 1.807) is 0 Å². The van der Waals surface area contributed by atoms with Gasteiger partial charge in [-0.05, 0) is 70.6 Å². The van der Waals surface area contributed by atoms with Gasteiger partial charge in [-0.2, -0.15) is 13.2 Å². The molecule has 0 bridgehead atoms. The van der Waals surface area contributed by atoms with Crippen molar-refractivity contribution in [3.8, 4) is 11.1 Å². The lowest BCUT2D eigenvalue weighted by molar-refractivity contribution is -0.192. The van der Waals surface area contributed by atoms with Crippen LogP contribution in [-0.4, -0.2) is 47.7 Å². The monoisotopic (exact) mass is 566 g/mol. The van der Waals surface area contributed by atoms with Crippen molar-refractivity contribution in [3.63, 3.8) is 0 Å². The molecule has 1 aliphatic rings. The number of thiophene rings is 1. The second-order valence-electron chi connectivity index (χ2n) is 9.51. The number of halogens is 4. The number of likely N-dealkylation sites (tertiary alicyclic amines) is 1. The lowest BCUT2D eigenvalue weighted by atomic mass is 10.0. The number of amides is 1. The van der Waals surface area contributed by atoms with Crippen LogP contribution >= 0.6 is 22.9 Å². The fourth-order valence-electron chi connectivity index (χ4n) is 4.09. The van der Waals surface area contributed by atoms with Crippen LogP contribution in [0.15, 0.2) is 60.0 Å². The molecule has 1 amide bonds. The standard InChI is InChI=1S/C26H29ClN2OS.C2HF3O2/c1-18(2)21-8-6-19(7-9-21)15-29-11-10-20(16-29)14-28-26(30)25-13-23(17-31-25)22-4-3-5-24(27)12-22;3-2(4,5)1(6)7/h3-9,12-13,17-18,20H,10-11,14-16H2,1-2H3,(H,28,30);(H,6,7). The molecule has 204 valence electrons. The third-order valence-corrected chi connectivity index (χ3v) is 7.36. The number of carboxylic acids is 1. The van der Waals surface area contributed by atoms with Crippen molar-refractivity contribution in [2.24, 2.45) is 5.92 Å². The van der Waals surface area contributed by atoms with Crippen molar-refractivity contribution in [2.45, 2.75) is 38.9 Å². The molecule has 2 N–H and O–H groups in total. The number of hydrogen-bond acceptors (Lipinski definition) is 4. The largest absolute Gasteiger partial charge is 0.490 e. The van der Waals surface area contributed by atoms with E-state index < -0.39 is 12.1 Å². The summed E-state index contributed by atoms with van der Waals surface area (Å²) in [6, 6.07) is 18.7. The van der Waals surface area contributed by atoms with Gasteiger partial charge >= 0.3 is 12.1 Å². The second kappa shape index (κ2) is 13.3. The summed E-state index contributed by atoms with van der Waals surface area (Å²) in [5.74, 6) is -1.67. The number of nitrogens with zero attached hydrogens (tertiary/aromatic N) is 1. The zero-order valence-electron chi connectivity index (χ0n) is 21.1. The zero-order valence-corrected chi connectivity index (χ0v) is 22.7. The second-order valence-corrected chi connectivity index (χ2v) is 10.9. The average molecular weight is 567 g/mol. The summed E-state index contributed by atoms with van der Waals surface area (Å²) in [7, 11) is 0. The number of carboxylic acid groups (broad SMARTS) is 1. The minimum Gasteiger partial charge on any atom is -0.475 e. The Morgan fingerprint density at radius 1 is 1.13 bits per heavy atom. The maximum absolute atomic E-state index is 12.6. The fraction of sp³-hybridized carbons (Fsp3) is 0.357. The van der Waals surface area contributed by atoms with Crippen LogP contribution < -0.4 is 5.32 Å². The van der Waals surface area contributed by atoms with E-state index in [1.165, 1.54) is 22.5 Å². The van der Waals surface area contributed by atoms with Crippen LogP contribution in [0.4, 0.5) is 13.2 Å². The van der Waals surface area contributed by atoms with Crippen LogP contribution in [0, 0.1) is 5.92 Å². The van der Waals surface area contributed by atoms with Gasteiger partial charge in [0.2, 0.25) is 0 Å². The minimum absolute atomic E-state index is 0.0148. The van der Waals surface area contributed by atoms with Gasteiger partial charge in [-0.25, -0.2) is 4.79 Å². The molecule has 1 atom stereocenters. The molecule has 5 nitrogen and oxygen atoms in total. The highest BCUT2D eigenvalue weighted by atomic mass is 35.5. The Bertz CT molecular complexity index is 1230. The molecule has 0 aliphatic carbocycles. The van der Waals surface area contributed by atoms with E-state index in [4.69, 9.17) is 21.5 Å². The van der Waals surface area contributed by atoms with Gasteiger partial charge in [0.1, 0.15) is 0 Å². The van der Waals surface area contributed by atoms with Crippen LogP contribution in [0.1, 0.15) is 47.0 Å². The maximum atomic E-state index is 12.6. The molecule has 38 heavy (non-hydrogen) atoms. The van der Waals surface area contributed by atoms with Crippen LogP contribution in [-0.2, 0) is 11.3 Å². The molecule has 0 radical (unpaired) electrons. The lowest BCUT2D eigenvalue weighted by Crippen LogP contribution is -2.30. The Kier molecular flexibility index (Phi) is 10.4. The van der Waals surface area contributed by atoms with E-state index >= 15 is 0 Å². The Hall–Kier alpha value is -2.88. The average Bonchev–Trinajstić information content (AvgIpc) is 3.53. The van der Waals surface area contributed by atoms with Crippen molar-refractivity contribution in [2.75, 3.05) is 19.6 Å². The summed E-state index contributed by atoms with van der Waals surface area (Å²) in [6.45, 7) is 8.28. The van der Waals surface area contributed by atoms with Gasteiger partial charge in [0, 0.05) is 24.7 Å². The third kappa shape index (κ3) is 8.85. The Morgan fingerprint density at radius 2 is 1.82 bits per heavy atom. The SMILES string of the molecule is CC(C)c1ccc(CN2CCC(CNC(=O)c3cc(-c4cccc(Cl)c4)cs3)C2)cc1.O=C(O)C(F)(F)F. The van der Waals surface area contributed by atoms with Crippen LogP contribution in [0.3, 0.4) is 0 Å². The molecular weight excluding hydrogens is 537 g/mol. The third-order valence-electron chi connectivity index (χ3n) is 6.20. The van der Waals surface area contributed by atoms with E-state index in [0.29, 0.717) is 16.9 Å². The van der Waals surface area contributed by atoms with Crippen molar-refractivity contribution in [1.29, 1.82) is 0 Å². The van der Waals surface area contributed by atoms with Crippen molar-refractivity contribution >= 4 is 34.8 Å². The first kappa shape index (κ1) is 29.7. The van der Waals surface area contributed by atoms with E-state index in [0.717, 1.165) is 48.6 Å². The molecule has 0 saturated carbocycles. The molecule has 1 aliphatic heterocycles. The first-order valence-electron chi connectivity index (χ1n) is 12.2. The van der Waals surface area contributed by atoms with Crippen LogP contribution in [0.25, 0.3) is 11.1 Å². The van der Waals surface area contributed by atoms with Gasteiger partial charge < -0.3 is 10.4 Å². The number of benzene rings is 2. The van der Waals surface area contributed by atoms with Gasteiger partial charge in [-0.1, -0.05) is 61.8 Å². The predicted octanol–water partition coefficient (Wildman–Crippen LogP) is 7.08. The van der Waals surface area contributed by atoms with E-state index in [2.05, 4.69) is 48.3 Å². The predicted molar refractivity (Wildman–Crippen MR) is 145 cm³/mol. The number of nitrogens with one attached hydrogen (secondary N) is 1. The Labute approximate surface area is 229 Å². The maximum Gasteiger partial charge on any atom is 0.490 e. The summed E-state index contributed by atoms with van der Waals surface area (Å²) in [5, 5.41) is 13.0. The highest BCUT2D eigenvalue weighted by Gasteiger charge is 2.38. The molecule has 4 rings (SSSR count). The van der Waals surface area contributed by atoms with Gasteiger partial charge in [0.25, 0.3) is 5.91 Å². The Morgan fingerprint density at radius 3 is 2.42 bits per heavy atom.